The Morgan fingerprint density at radius 1 is 1.03 bits per heavy atom. The van der Waals surface area contributed by atoms with E-state index in [9.17, 15) is 9.59 Å². The second-order valence-electron chi connectivity index (χ2n) is 7.15. The van der Waals surface area contributed by atoms with E-state index in [2.05, 4.69) is 15.9 Å². The molecule has 154 valence electrons. The number of rotatable bonds is 3. The Hall–Kier alpha value is -3.09. The molecule has 3 aromatic carbocycles. The van der Waals surface area contributed by atoms with Gasteiger partial charge in [-0.1, -0.05) is 45.7 Å². The molecule has 4 aromatic rings. The highest BCUT2D eigenvalue weighted by Crippen LogP contribution is 2.42. The molecule has 1 aliphatic rings. The van der Waals surface area contributed by atoms with Crippen LogP contribution in [0.1, 0.15) is 27.7 Å². The monoisotopic (exact) mass is 495 g/mol. The Kier molecular flexibility index (Phi) is 4.84. The highest BCUT2D eigenvalue weighted by Gasteiger charge is 2.43. The van der Waals surface area contributed by atoms with Crippen LogP contribution in [0.5, 0.6) is 5.75 Å². The number of nitrogens with zero attached hydrogens (tertiary/aromatic N) is 1. The van der Waals surface area contributed by atoms with E-state index in [0.29, 0.717) is 38.6 Å². The van der Waals surface area contributed by atoms with Gasteiger partial charge in [0.1, 0.15) is 11.3 Å². The Balaban J connectivity index is 1.82. The van der Waals surface area contributed by atoms with Crippen molar-refractivity contribution < 1.29 is 13.9 Å². The number of fused-ring (bicyclic) bond motifs is 2. The number of carbonyl (C=O) groups excluding carboxylic acids is 1. The van der Waals surface area contributed by atoms with E-state index >= 15 is 0 Å². The summed E-state index contributed by atoms with van der Waals surface area (Å²) in [6.07, 6.45) is 0. The van der Waals surface area contributed by atoms with Crippen molar-refractivity contribution in [1.82, 2.24) is 0 Å². The maximum absolute atomic E-state index is 13.6. The molecular weight excluding hydrogens is 482 g/mol. The van der Waals surface area contributed by atoms with Crippen molar-refractivity contribution in [1.29, 1.82) is 0 Å². The summed E-state index contributed by atoms with van der Waals surface area (Å²) in [7, 11) is 1.56. The van der Waals surface area contributed by atoms with Crippen molar-refractivity contribution in [2.75, 3.05) is 12.0 Å². The van der Waals surface area contributed by atoms with E-state index in [1.807, 2.05) is 6.07 Å². The van der Waals surface area contributed by atoms with Crippen molar-refractivity contribution in [3.05, 3.63) is 103 Å². The van der Waals surface area contributed by atoms with Crippen molar-refractivity contribution in [3.8, 4) is 5.75 Å². The van der Waals surface area contributed by atoms with Crippen LogP contribution in [0, 0.1) is 0 Å². The third kappa shape index (κ3) is 3.23. The van der Waals surface area contributed by atoms with Gasteiger partial charge >= 0.3 is 0 Å². The molecular formula is C24H15BrClNO4. The summed E-state index contributed by atoms with van der Waals surface area (Å²) in [5, 5.41) is 0.914. The Labute approximate surface area is 190 Å². The lowest BCUT2D eigenvalue weighted by molar-refractivity contribution is 0.0971. The van der Waals surface area contributed by atoms with Crippen LogP contribution >= 0.6 is 27.5 Å². The smallest absolute Gasteiger partial charge is 0.295 e. The number of ether oxygens (including phenoxy) is 1. The predicted octanol–water partition coefficient (Wildman–Crippen LogP) is 5.97. The molecule has 0 spiro atoms. The molecule has 5 rings (SSSR count). The zero-order valence-electron chi connectivity index (χ0n) is 16.3. The molecule has 0 saturated heterocycles. The summed E-state index contributed by atoms with van der Waals surface area (Å²) in [6, 6.07) is 18.7. The fraction of sp³-hybridized carbons (Fsp3) is 0.0833. The number of carbonyl (C=O) groups is 1. The zero-order chi connectivity index (χ0) is 21.7. The average Bonchev–Trinajstić information content (AvgIpc) is 3.07. The molecule has 0 saturated carbocycles. The van der Waals surface area contributed by atoms with Crippen LogP contribution in [0.3, 0.4) is 0 Å². The first-order chi connectivity index (χ1) is 15.0. The minimum atomic E-state index is -0.687. The van der Waals surface area contributed by atoms with Gasteiger partial charge in [0.2, 0.25) is 5.76 Å². The van der Waals surface area contributed by atoms with Crippen molar-refractivity contribution in [2.24, 2.45) is 0 Å². The summed E-state index contributed by atoms with van der Waals surface area (Å²) in [6.45, 7) is 0. The number of methoxy groups -OCH3 is 1. The van der Waals surface area contributed by atoms with E-state index in [1.54, 1.807) is 72.7 Å². The molecule has 2 heterocycles. The van der Waals surface area contributed by atoms with Gasteiger partial charge < -0.3 is 9.15 Å². The largest absolute Gasteiger partial charge is 0.497 e. The van der Waals surface area contributed by atoms with Gasteiger partial charge in [0.25, 0.3) is 5.91 Å². The number of hydrogen-bond acceptors (Lipinski definition) is 4. The van der Waals surface area contributed by atoms with Crippen LogP contribution in [0.4, 0.5) is 5.69 Å². The number of halogens is 2. The molecule has 0 aliphatic carbocycles. The van der Waals surface area contributed by atoms with Crippen molar-refractivity contribution in [2.45, 2.75) is 6.04 Å². The van der Waals surface area contributed by atoms with E-state index < -0.39 is 11.9 Å². The first kappa shape index (κ1) is 19.8. The van der Waals surface area contributed by atoms with E-state index in [0.717, 1.165) is 4.47 Å². The van der Waals surface area contributed by atoms with Crippen molar-refractivity contribution >= 4 is 50.1 Å². The van der Waals surface area contributed by atoms with E-state index in [1.165, 1.54) is 0 Å². The molecule has 0 bridgehead atoms. The third-order valence-corrected chi connectivity index (χ3v) is 6.06. The van der Waals surface area contributed by atoms with Crippen LogP contribution in [0.15, 0.2) is 80.4 Å². The molecule has 1 atom stereocenters. The molecule has 1 amide bonds. The maximum Gasteiger partial charge on any atom is 0.295 e. The predicted molar refractivity (Wildman–Crippen MR) is 123 cm³/mol. The highest BCUT2D eigenvalue weighted by molar-refractivity contribution is 9.10. The Bertz CT molecular complexity index is 1410. The van der Waals surface area contributed by atoms with Crippen molar-refractivity contribution in [3.63, 3.8) is 0 Å². The van der Waals surface area contributed by atoms with Crippen LogP contribution in [-0.4, -0.2) is 13.0 Å². The summed E-state index contributed by atoms with van der Waals surface area (Å²) in [5.74, 6) is 0.238. The molecule has 0 fully saturated rings. The van der Waals surface area contributed by atoms with Gasteiger partial charge in [-0.15, -0.1) is 0 Å². The quantitative estimate of drug-likeness (QED) is 0.351. The van der Waals surface area contributed by atoms with Crippen LogP contribution < -0.4 is 15.1 Å². The fourth-order valence-corrected chi connectivity index (χ4v) is 4.52. The topological polar surface area (TPSA) is 59.8 Å². The summed E-state index contributed by atoms with van der Waals surface area (Å²) >= 11 is 9.66. The Morgan fingerprint density at radius 2 is 1.84 bits per heavy atom. The molecule has 7 heteroatoms. The fourth-order valence-electron chi connectivity index (χ4n) is 3.96. The van der Waals surface area contributed by atoms with Gasteiger partial charge in [-0.05, 0) is 48.0 Å². The van der Waals surface area contributed by atoms with Crippen LogP contribution in [-0.2, 0) is 0 Å². The summed E-state index contributed by atoms with van der Waals surface area (Å²) in [5.41, 5.74) is 1.70. The lowest BCUT2D eigenvalue weighted by Gasteiger charge is -2.25. The Morgan fingerprint density at radius 3 is 2.61 bits per heavy atom. The van der Waals surface area contributed by atoms with E-state index in [4.69, 9.17) is 20.8 Å². The lowest BCUT2D eigenvalue weighted by atomic mass is 9.98. The van der Waals surface area contributed by atoms with Gasteiger partial charge in [0.15, 0.2) is 5.43 Å². The first-order valence-electron chi connectivity index (χ1n) is 9.47. The molecule has 1 unspecified atom stereocenters. The lowest BCUT2D eigenvalue weighted by Crippen LogP contribution is -2.29. The molecule has 1 aliphatic heterocycles. The third-order valence-electron chi connectivity index (χ3n) is 5.33. The van der Waals surface area contributed by atoms with Gasteiger partial charge in [-0.3, -0.25) is 14.5 Å². The zero-order valence-corrected chi connectivity index (χ0v) is 18.6. The maximum atomic E-state index is 13.6. The normalized spacial score (nSPS) is 15.4. The van der Waals surface area contributed by atoms with Gasteiger partial charge in [-0.25, -0.2) is 0 Å². The molecule has 1 aromatic heterocycles. The minimum absolute atomic E-state index is 0.0348. The number of benzene rings is 3. The van der Waals surface area contributed by atoms with Gasteiger partial charge in [-0.2, -0.15) is 0 Å². The number of hydrogen-bond donors (Lipinski definition) is 0. The highest BCUT2D eigenvalue weighted by atomic mass is 79.9. The molecule has 31 heavy (non-hydrogen) atoms. The standard InChI is InChI=1S/C24H15BrClNO4/c1-30-17-7-3-6-16(12-17)27-21(13-4-2-5-15(26)10-13)20-22(28)18-11-14(25)8-9-19(18)31-23(20)24(27)29/h2-12,21H,1H3. The van der Waals surface area contributed by atoms with Crippen LogP contribution in [0.25, 0.3) is 11.0 Å². The van der Waals surface area contributed by atoms with Gasteiger partial charge in [0, 0.05) is 21.2 Å². The van der Waals surface area contributed by atoms with Crippen LogP contribution in [0.2, 0.25) is 5.02 Å². The average molecular weight is 497 g/mol. The molecule has 0 radical (unpaired) electrons. The summed E-state index contributed by atoms with van der Waals surface area (Å²) < 4.78 is 12.1. The van der Waals surface area contributed by atoms with E-state index in [-0.39, 0.29) is 11.2 Å². The molecule has 0 N–H and O–H groups in total. The second-order valence-corrected chi connectivity index (χ2v) is 8.50. The molecule has 5 nitrogen and oxygen atoms in total. The minimum Gasteiger partial charge on any atom is -0.497 e. The first-order valence-corrected chi connectivity index (χ1v) is 10.6. The number of anilines is 1. The second kappa shape index (κ2) is 7.55. The number of amides is 1. The van der Waals surface area contributed by atoms with Gasteiger partial charge in [0.05, 0.1) is 24.1 Å². The SMILES string of the molecule is COc1cccc(N2C(=O)c3oc4ccc(Br)cc4c(=O)c3C2c2cccc(Cl)c2)c1. The summed E-state index contributed by atoms with van der Waals surface area (Å²) in [4.78, 5) is 28.7.